The van der Waals surface area contributed by atoms with Crippen LogP contribution >= 0.6 is 15.9 Å². The smallest absolute Gasteiger partial charge is 0.122 e. The summed E-state index contributed by atoms with van der Waals surface area (Å²) in [5.41, 5.74) is 2.72. The van der Waals surface area contributed by atoms with Crippen molar-refractivity contribution in [3.63, 3.8) is 0 Å². The minimum atomic E-state index is 0.575. The molecule has 0 fully saturated rings. The highest BCUT2D eigenvalue weighted by molar-refractivity contribution is 9.10. The molecule has 1 heterocycles. The van der Waals surface area contributed by atoms with Gasteiger partial charge in [-0.05, 0) is 36.5 Å². The van der Waals surface area contributed by atoms with E-state index in [1.54, 1.807) is 7.11 Å². The molecule has 0 amide bonds. The van der Waals surface area contributed by atoms with Gasteiger partial charge in [0.1, 0.15) is 5.75 Å². The van der Waals surface area contributed by atoms with Crippen molar-refractivity contribution in [3.8, 4) is 5.75 Å². The Bertz CT molecular complexity index is 403. The molecule has 0 saturated heterocycles. The summed E-state index contributed by atoms with van der Waals surface area (Å²) in [5.74, 6) is 1.76. The topological polar surface area (TPSA) is 21.3 Å². The number of fused-ring (bicyclic) bond motifs is 1. The van der Waals surface area contributed by atoms with Crippen LogP contribution < -0.4 is 10.1 Å². The summed E-state index contributed by atoms with van der Waals surface area (Å²) in [6.07, 6.45) is 2.28. The van der Waals surface area contributed by atoms with Crippen LogP contribution in [0.5, 0.6) is 5.75 Å². The van der Waals surface area contributed by atoms with Crippen LogP contribution in [0.3, 0.4) is 0 Å². The fraction of sp³-hybridized carbons (Fsp3) is 0.571. The maximum Gasteiger partial charge on any atom is 0.122 e. The van der Waals surface area contributed by atoms with E-state index in [9.17, 15) is 0 Å². The third-order valence-corrected chi connectivity index (χ3v) is 4.07. The Morgan fingerprint density at radius 2 is 2.18 bits per heavy atom. The first kappa shape index (κ1) is 12.9. The van der Waals surface area contributed by atoms with E-state index in [4.69, 9.17) is 4.74 Å². The van der Waals surface area contributed by atoms with Crippen molar-refractivity contribution < 1.29 is 4.74 Å². The number of nitrogens with one attached hydrogen (secondary N) is 1. The second-order valence-corrected chi connectivity index (χ2v) is 5.97. The molecular weight excluding hydrogens is 278 g/mol. The Balaban J connectivity index is 2.26. The van der Waals surface area contributed by atoms with Crippen molar-refractivity contribution in [2.75, 3.05) is 7.11 Å². The summed E-state index contributed by atoms with van der Waals surface area (Å²) >= 11 is 3.62. The monoisotopic (exact) mass is 297 g/mol. The predicted molar refractivity (Wildman–Crippen MR) is 74.5 cm³/mol. The number of hydrogen-bond donors (Lipinski definition) is 1. The standard InChI is InChI=1S/C14H20BrNO/c1-9(2)6-10-7-11-12(8-16-10)13(15)4-5-14(11)17-3/h4-5,9-10,16H,6-8H2,1-3H3. The maximum absolute atomic E-state index is 5.47. The maximum atomic E-state index is 5.47. The van der Waals surface area contributed by atoms with Gasteiger partial charge in [-0.2, -0.15) is 0 Å². The molecule has 0 radical (unpaired) electrons. The Morgan fingerprint density at radius 3 is 2.82 bits per heavy atom. The van der Waals surface area contributed by atoms with Crippen LogP contribution in [0.15, 0.2) is 16.6 Å². The fourth-order valence-corrected chi connectivity index (χ4v) is 3.06. The van der Waals surface area contributed by atoms with Crippen molar-refractivity contribution in [2.45, 2.75) is 39.3 Å². The Morgan fingerprint density at radius 1 is 1.41 bits per heavy atom. The summed E-state index contributed by atoms with van der Waals surface area (Å²) in [5, 5.41) is 3.61. The van der Waals surface area contributed by atoms with Gasteiger partial charge in [0.2, 0.25) is 0 Å². The lowest BCUT2D eigenvalue weighted by Crippen LogP contribution is -2.36. The zero-order valence-electron chi connectivity index (χ0n) is 10.7. The number of ether oxygens (including phenoxy) is 1. The highest BCUT2D eigenvalue weighted by atomic mass is 79.9. The first-order chi connectivity index (χ1) is 8.11. The molecule has 0 aromatic heterocycles. The van der Waals surface area contributed by atoms with Gasteiger partial charge in [-0.3, -0.25) is 0 Å². The summed E-state index contributed by atoms with van der Waals surface area (Å²) in [6.45, 7) is 5.48. The number of methoxy groups -OCH3 is 1. The van der Waals surface area contributed by atoms with E-state index < -0.39 is 0 Å². The Kier molecular flexibility index (Phi) is 4.10. The molecule has 2 nitrogen and oxygen atoms in total. The summed E-state index contributed by atoms with van der Waals surface area (Å²) in [4.78, 5) is 0. The van der Waals surface area contributed by atoms with Gasteiger partial charge in [-0.25, -0.2) is 0 Å². The zero-order chi connectivity index (χ0) is 12.4. The van der Waals surface area contributed by atoms with Gasteiger partial charge >= 0.3 is 0 Å². The number of benzene rings is 1. The first-order valence-corrected chi connectivity index (χ1v) is 6.98. The molecule has 0 spiro atoms. The summed E-state index contributed by atoms with van der Waals surface area (Å²) in [7, 11) is 1.75. The minimum Gasteiger partial charge on any atom is -0.496 e. The molecule has 1 aliphatic rings. The van der Waals surface area contributed by atoms with Crippen molar-refractivity contribution in [3.05, 3.63) is 27.7 Å². The second-order valence-electron chi connectivity index (χ2n) is 5.12. The Labute approximate surface area is 112 Å². The molecule has 0 bridgehead atoms. The summed E-state index contributed by atoms with van der Waals surface area (Å²) < 4.78 is 6.66. The third kappa shape index (κ3) is 2.83. The van der Waals surface area contributed by atoms with Crippen molar-refractivity contribution in [2.24, 2.45) is 5.92 Å². The van der Waals surface area contributed by atoms with E-state index in [0.717, 1.165) is 24.6 Å². The predicted octanol–water partition coefficient (Wildman–Crippen LogP) is 3.52. The van der Waals surface area contributed by atoms with Gasteiger partial charge in [0.05, 0.1) is 7.11 Å². The van der Waals surface area contributed by atoms with Crippen molar-refractivity contribution in [1.82, 2.24) is 5.32 Å². The van der Waals surface area contributed by atoms with Gasteiger partial charge < -0.3 is 10.1 Å². The molecule has 0 aliphatic carbocycles. The van der Waals surface area contributed by atoms with Crippen molar-refractivity contribution in [1.29, 1.82) is 0 Å². The second kappa shape index (κ2) is 5.40. The molecule has 1 unspecified atom stereocenters. The molecule has 1 aromatic carbocycles. The number of rotatable bonds is 3. The number of hydrogen-bond acceptors (Lipinski definition) is 2. The quantitative estimate of drug-likeness (QED) is 0.922. The van der Waals surface area contributed by atoms with Crippen LogP contribution in [0.1, 0.15) is 31.4 Å². The lowest BCUT2D eigenvalue weighted by atomic mass is 9.90. The van der Waals surface area contributed by atoms with E-state index in [1.807, 2.05) is 0 Å². The molecule has 94 valence electrons. The zero-order valence-corrected chi connectivity index (χ0v) is 12.3. The summed E-state index contributed by atoms with van der Waals surface area (Å²) in [6, 6.07) is 4.70. The largest absolute Gasteiger partial charge is 0.496 e. The van der Waals surface area contributed by atoms with Crippen molar-refractivity contribution >= 4 is 15.9 Å². The van der Waals surface area contributed by atoms with Crippen LogP contribution in [-0.2, 0) is 13.0 Å². The molecule has 1 N–H and O–H groups in total. The third-order valence-electron chi connectivity index (χ3n) is 3.32. The molecule has 2 rings (SSSR count). The van der Waals surface area contributed by atoms with E-state index in [-0.39, 0.29) is 0 Å². The lowest BCUT2D eigenvalue weighted by molar-refractivity contribution is 0.373. The SMILES string of the molecule is COc1ccc(Br)c2c1CC(CC(C)C)NC2. The average molecular weight is 298 g/mol. The van der Waals surface area contributed by atoms with Crippen LogP contribution in [-0.4, -0.2) is 13.2 Å². The van der Waals surface area contributed by atoms with Gasteiger partial charge in [-0.1, -0.05) is 29.8 Å². The molecule has 3 heteroatoms. The first-order valence-electron chi connectivity index (χ1n) is 6.19. The molecule has 1 atom stereocenters. The van der Waals surface area contributed by atoms with Gasteiger partial charge in [0.25, 0.3) is 0 Å². The van der Waals surface area contributed by atoms with E-state index in [0.29, 0.717) is 6.04 Å². The minimum absolute atomic E-state index is 0.575. The molecule has 1 aromatic rings. The van der Waals surface area contributed by atoms with Crippen LogP contribution in [0.4, 0.5) is 0 Å². The van der Waals surface area contributed by atoms with E-state index >= 15 is 0 Å². The fourth-order valence-electron chi connectivity index (χ4n) is 2.55. The van der Waals surface area contributed by atoms with Gasteiger partial charge in [0, 0.05) is 22.6 Å². The van der Waals surface area contributed by atoms with Crippen LogP contribution in [0.2, 0.25) is 0 Å². The van der Waals surface area contributed by atoms with E-state index in [1.165, 1.54) is 22.0 Å². The molecular formula is C14H20BrNO. The van der Waals surface area contributed by atoms with Gasteiger partial charge in [-0.15, -0.1) is 0 Å². The number of halogens is 1. The average Bonchev–Trinajstić information content (AvgIpc) is 2.29. The highest BCUT2D eigenvalue weighted by Crippen LogP contribution is 2.33. The van der Waals surface area contributed by atoms with Crippen LogP contribution in [0.25, 0.3) is 0 Å². The van der Waals surface area contributed by atoms with Gasteiger partial charge in [0.15, 0.2) is 0 Å². The highest BCUT2D eigenvalue weighted by Gasteiger charge is 2.23. The van der Waals surface area contributed by atoms with E-state index in [2.05, 4.69) is 47.2 Å². The lowest BCUT2D eigenvalue weighted by Gasteiger charge is -2.29. The molecule has 1 aliphatic heterocycles. The Hall–Kier alpha value is -0.540. The molecule has 17 heavy (non-hydrogen) atoms. The molecule has 0 saturated carbocycles. The van der Waals surface area contributed by atoms with Crippen LogP contribution in [0, 0.1) is 5.92 Å². The normalized spacial score (nSPS) is 19.2.